The molecule has 2 rings (SSSR count). The van der Waals surface area contributed by atoms with Gasteiger partial charge in [0.05, 0.1) is 10.6 Å². The number of fused-ring (bicyclic) bond motifs is 1. The summed E-state index contributed by atoms with van der Waals surface area (Å²) in [6.07, 6.45) is 0. The molecule has 6 heteroatoms. The Morgan fingerprint density at radius 2 is 2.31 bits per heavy atom. The normalized spacial score (nSPS) is 14.3. The molecule has 0 bridgehead atoms. The molecule has 1 aliphatic heterocycles. The number of carbonyl (C=O) groups excluding carboxylic acids is 1. The molecular formula is C10H10N2O4. The molecule has 0 radical (unpaired) electrons. The molecule has 16 heavy (non-hydrogen) atoms. The third kappa shape index (κ3) is 1.58. The Morgan fingerprint density at radius 1 is 1.56 bits per heavy atom. The second kappa shape index (κ2) is 3.80. The van der Waals surface area contributed by atoms with E-state index in [1.165, 1.54) is 23.1 Å². The van der Waals surface area contributed by atoms with Gasteiger partial charge in [0.15, 0.2) is 6.61 Å². The highest BCUT2D eigenvalue weighted by Gasteiger charge is 2.26. The van der Waals surface area contributed by atoms with Gasteiger partial charge >= 0.3 is 0 Å². The van der Waals surface area contributed by atoms with Crippen LogP contribution in [0.2, 0.25) is 0 Å². The Bertz CT molecular complexity index is 458. The summed E-state index contributed by atoms with van der Waals surface area (Å²) in [4.78, 5) is 23.1. The van der Waals surface area contributed by atoms with Gasteiger partial charge in [0, 0.05) is 18.7 Å². The number of nitro benzene ring substituents is 1. The molecule has 0 fully saturated rings. The number of carbonyl (C=O) groups is 1. The van der Waals surface area contributed by atoms with Crippen LogP contribution in [0.15, 0.2) is 18.2 Å². The van der Waals surface area contributed by atoms with Crippen LogP contribution in [-0.2, 0) is 4.79 Å². The molecule has 0 spiro atoms. The molecule has 0 unspecified atom stereocenters. The predicted molar refractivity (Wildman–Crippen MR) is 56.6 cm³/mol. The lowest BCUT2D eigenvalue weighted by molar-refractivity contribution is -0.384. The smallest absolute Gasteiger partial charge is 0.271 e. The van der Waals surface area contributed by atoms with Crippen LogP contribution in [0.25, 0.3) is 0 Å². The minimum Gasteiger partial charge on any atom is -0.482 e. The number of hydrogen-bond acceptors (Lipinski definition) is 4. The van der Waals surface area contributed by atoms with E-state index in [0.717, 1.165) is 0 Å². The number of amides is 1. The van der Waals surface area contributed by atoms with E-state index < -0.39 is 4.92 Å². The first-order valence-electron chi connectivity index (χ1n) is 4.85. The van der Waals surface area contributed by atoms with Gasteiger partial charge in [-0.25, -0.2) is 0 Å². The molecule has 1 aliphatic rings. The number of nitrogens with zero attached hydrogens (tertiary/aromatic N) is 2. The number of benzene rings is 1. The summed E-state index contributed by atoms with van der Waals surface area (Å²) < 4.78 is 5.19. The SMILES string of the molecule is CCN1C(=O)COc2ccc([N+](=O)[O-])cc21. The van der Waals surface area contributed by atoms with Gasteiger partial charge in [-0.2, -0.15) is 0 Å². The maximum Gasteiger partial charge on any atom is 0.271 e. The van der Waals surface area contributed by atoms with E-state index in [1.807, 2.05) is 6.92 Å². The first-order valence-corrected chi connectivity index (χ1v) is 4.85. The second-order valence-corrected chi connectivity index (χ2v) is 3.34. The molecule has 0 aliphatic carbocycles. The van der Waals surface area contributed by atoms with Crippen LogP contribution in [0.1, 0.15) is 6.92 Å². The lowest BCUT2D eigenvalue weighted by Crippen LogP contribution is -2.38. The summed E-state index contributed by atoms with van der Waals surface area (Å²) in [5.74, 6) is 0.322. The molecular weight excluding hydrogens is 212 g/mol. The Morgan fingerprint density at radius 3 is 2.94 bits per heavy atom. The quantitative estimate of drug-likeness (QED) is 0.559. The number of likely N-dealkylation sites (N-methyl/N-ethyl adjacent to an activating group) is 1. The van der Waals surface area contributed by atoms with Crippen molar-refractivity contribution in [2.75, 3.05) is 18.1 Å². The van der Waals surface area contributed by atoms with Crippen LogP contribution in [0, 0.1) is 10.1 Å². The fourth-order valence-electron chi connectivity index (χ4n) is 1.65. The van der Waals surface area contributed by atoms with Crippen molar-refractivity contribution in [3.8, 4) is 5.75 Å². The van der Waals surface area contributed by atoms with Crippen LogP contribution in [0.4, 0.5) is 11.4 Å². The molecule has 0 saturated carbocycles. The first kappa shape index (κ1) is 10.4. The van der Waals surface area contributed by atoms with E-state index in [1.54, 1.807) is 0 Å². The lowest BCUT2D eigenvalue weighted by Gasteiger charge is -2.27. The van der Waals surface area contributed by atoms with Crippen molar-refractivity contribution in [1.29, 1.82) is 0 Å². The Hall–Kier alpha value is -2.11. The van der Waals surface area contributed by atoms with Gasteiger partial charge in [-0.15, -0.1) is 0 Å². The van der Waals surface area contributed by atoms with Gasteiger partial charge in [0.2, 0.25) is 0 Å². The van der Waals surface area contributed by atoms with Crippen molar-refractivity contribution in [3.05, 3.63) is 28.3 Å². The summed E-state index contributed by atoms with van der Waals surface area (Å²) in [7, 11) is 0. The van der Waals surface area contributed by atoms with E-state index in [9.17, 15) is 14.9 Å². The number of nitro groups is 1. The van der Waals surface area contributed by atoms with Crippen molar-refractivity contribution in [3.63, 3.8) is 0 Å². The molecule has 84 valence electrons. The summed E-state index contributed by atoms with van der Waals surface area (Å²) in [5.41, 5.74) is 0.420. The Labute approximate surface area is 91.6 Å². The van der Waals surface area contributed by atoms with Crippen molar-refractivity contribution >= 4 is 17.3 Å². The zero-order valence-electron chi connectivity index (χ0n) is 8.67. The molecule has 0 aromatic heterocycles. The minimum atomic E-state index is -0.493. The molecule has 0 N–H and O–H groups in total. The average Bonchev–Trinajstić information content (AvgIpc) is 2.28. The predicted octanol–water partition coefficient (Wildman–Crippen LogP) is 1.34. The van der Waals surface area contributed by atoms with E-state index >= 15 is 0 Å². The zero-order chi connectivity index (χ0) is 11.7. The van der Waals surface area contributed by atoms with E-state index in [2.05, 4.69) is 0 Å². The summed E-state index contributed by atoms with van der Waals surface area (Å²) in [6.45, 7) is 2.26. The van der Waals surface area contributed by atoms with Gasteiger partial charge < -0.3 is 9.64 Å². The van der Waals surface area contributed by atoms with E-state index in [0.29, 0.717) is 18.0 Å². The van der Waals surface area contributed by atoms with Crippen molar-refractivity contribution in [2.45, 2.75) is 6.92 Å². The van der Waals surface area contributed by atoms with Crippen molar-refractivity contribution in [1.82, 2.24) is 0 Å². The van der Waals surface area contributed by atoms with Gasteiger partial charge in [-0.3, -0.25) is 14.9 Å². The molecule has 0 atom stereocenters. The summed E-state index contributed by atoms with van der Waals surface area (Å²) in [5, 5.41) is 10.6. The van der Waals surface area contributed by atoms with Gasteiger partial charge in [0.1, 0.15) is 5.75 Å². The van der Waals surface area contributed by atoms with Crippen LogP contribution in [0.3, 0.4) is 0 Å². The number of anilines is 1. The fourth-order valence-corrected chi connectivity index (χ4v) is 1.65. The first-order chi connectivity index (χ1) is 7.63. The molecule has 1 amide bonds. The summed E-state index contributed by atoms with van der Waals surface area (Å²) in [6, 6.07) is 4.24. The topological polar surface area (TPSA) is 72.7 Å². The maximum atomic E-state index is 11.5. The van der Waals surface area contributed by atoms with Gasteiger partial charge in [-0.1, -0.05) is 0 Å². The molecule has 1 aromatic carbocycles. The van der Waals surface area contributed by atoms with Gasteiger partial charge in [0.25, 0.3) is 11.6 Å². The number of non-ortho nitro benzene ring substituents is 1. The third-order valence-corrected chi connectivity index (χ3v) is 2.41. The van der Waals surface area contributed by atoms with Crippen LogP contribution >= 0.6 is 0 Å². The lowest BCUT2D eigenvalue weighted by atomic mass is 10.2. The molecule has 0 saturated heterocycles. The number of ether oxygens (including phenoxy) is 1. The maximum absolute atomic E-state index is 11.5. The Kier molecular flexibility index (Phi) is 2.47. The third-order valence-electron chi connectivity index (χ3n) is 2.41. The average molecular weight is 222 g/mol. The number of rotatable bonds is 2. The highest BCUT2D eigenvalue weighted by Crippen LogP contribution is 2.34. The molecule has 1 heterocycles. The molecule has 1 aromatic rings. The van der Waals surface area contributed by atoms with Crippen LogP contribution < -0.4 is 9.64 Å². The Balaban J connectivity index is 2.49. The highest BCUT2D eigenvalue weighted by molar-refractivity contribution is 5.98. The van der Waals surface area contributed by atoms with Crippen LogP contribution in [0.5, 0.6) is 5.75 Å². The van der Waals surface area contributed by atoms with Crippen molar-refractivity contribution in [2.24, 2.45) is 0 Å². The molecule has 6 nitrogen and oxygen atoms in total. The second-order valence-electron chi connectivity index (χ2n) is 3.34. The zero-order valence-corrected chi connectivity index (χ0v) is 8.67. The fraction of sp³-hybridized carbons (Fsp3) is 0.300. The van der Waals surface area contributed by atoms with E-state index in [-0.39, 0.29) is 18.2 Å². The van der Waals surface area contributed by atoms with Crippen LogP contribution in [-0.4, -0.2) is 24.0 Å². The monoisotopic (exact) mass is 222 g/mol. The van der Waals surface area contributed by atoms with Crippen molar-refractivity contribution < 1.29 is 14.5 Å². The summed E-state index contributed by atoms with van der Waals surface area (Å²) >= 11 is 0. The minimum absolute atomic E-state index is 0.0152. The standard InChI is InChI=1S/C10H10N2O4/c1-2-11-8-5-7(12(14)15)3-4-9(8)16-6-10(11)13/h3-5H,2,6H2,1H3. The highest BCUT2D eigenvalue weighted by atomic mass is 16.6. The largest absolute Gasteiger partial charge is 0.482 e. The van der Waals surface area contributed by atoms with E-state index in [4.69, 9.17) is 4.74 Å². The number of hydrogen-bond donors (Lipinski definition) is 0. The van der Waals surface area contributed by atoms with Gasteiger partial charge in [-0.05, 0) is 13.0 Å².